The number of aromatic nitrogens is 2. The maximum Gasteiger partial charge on any atom is 0.190 e. The van der Waals surface area contributed by atoms with Crippen LogP contribution in [0.2, 0.25) is 0 Å². The topological polar surface area (TPSA) is 65.1 Å². The first-order chi connectivity index (χ1) is 11.8. The number of halogens is 1. The minimum Gasteiger partial charge on any atom is -0.361 e. The molecule has 0 atom stereocenters. The molecule has 1 aromatic carbocycles. The van der Waals surface area contributed by atoms with Crippen LogP contribution in [0.1, 0.15) is 16.3 Å². The van der Waals surface area contributed by atoms with E-state index in [1.54, 1.807) is 18.4 Å². The predicted molar refractivity (Wildman–Crippen MR) is 117 cm³/mol. The van der Waals surface area contributed by atoms with Gasteiger partial charge in [0.15, 0.2) is 5.96 Å². The highest BCUT2D eigenvalue weighted by Crippen LogP contribution is 2.17. The standard InChI is InChI=1S/C18H23N5S.HI/c1-13-23-15(12-24-13)8-10-21-18(19-2)20-9-7-14-11-22-17-6-4-3-5-16(14)17;/h3-6,11-12,22H,7-10H2,1-2H3,(H2,19,20,21);1H. The maximum atomic E-state index is 4.47. The monoisotopic (exact) mass is 469 g/mol. The fourth-order valence-corrected chi connectivity index (χ4v) is 3.35. The molecule has 0 aliphatic rings. The molecule has 0 fully saturated rings. The Morgan fingerprint density at radius 1 is 1.20 bits per heavy atom. The summed E-state index contributed by atoms with van der Waals surface area (Å²) in [5.74, 6) is 0.835. The molecule has 0 aliphatic carbocycles. The van der Waals surface area contributed by atoms with Crippen LogP contribution in [0.25, 0.3) is 10.9 Å². The fraction of sp³-hybridized carbons (Fsp3) is 0.333. The first kappa shape index (κ1) is 19.7. The Morgan fingerprint density at radius 3 is 2.68 bits per heavy atom. The van der Waals surface area contributed by atoms with Gasteiger partial charge >= 0.3 is 0 Å². The number of aryl methyl sites for hydroxylation is 1. The number of aromatic amines is 1. The molecule has 0 aliphatic heterocycles. The van der Waals surface area contributed by atoms with E-state index >= 15 is 0 Å². The van der Waals surface area contributed by atoms with Crippen molar-refractivity contribution in [2.75, 3.05) is 20.1 Å². The number of aliphatic imine (C=N–C) groups is 1. The minimum atomic E-state index is 0. The molecule has 0 radical (unpaired) electrons. The summed E-state index contributed by atoms with van der Waals surface area (Å²) >= 11 is 1.69. The van der Waals surface area contributed by atoms with Crippen molar-refractivity contribution in [3.63, 3.8) is 0 Å². The highest BCUT2D eigenvalue weighted by molar-refractivity contribution is 14.0. The second-order valence-electron chi connectivity index (χ2n) is 5.64. The van der Waals surface area contributed by atoms with Gasteiger partial charge in [0.25, 0.3) is 0 Å². The van der Waals surface area contributed by atoms with Crippen molar-refractivity contribution >= 4 is 52.2 Å². The third-order valence-electron chi connectivity index (χ3n) is 3.93. The largest absolute Gasteiger partial charge is 0.361 e. The van der Waals surface area contributed by atoms with Gasteiger partial charge in [0, 0.05) is 49.0 Å². The van der Waals surface area contributed by atoms with Gasteiger partial charge in [-0.05, 0) is 25.0 Å². The molecule has 3 N–H and O–H groups in total. The molecule has 0 amide bonds. The van der Waals surface area contributed by atoms with Crippen LogP contribution in [0, 0.1) is 6.92 Å². The van der Waals surface area contributed by atoms with Gasteiger partial charge in [-0.1, -0.05) is 18.2 Å². The van der Waals surface area contributed by atoms with Crippen molar-refractivity contribution < 1.29 is 0 Å². The molecule has 0 unspecified atom stereocenters. The molecule has 0 saturated heterocycles. The summed E-state index contributed by atoms with van der Waals surface area (Å²) in [6.45, 7) is 3.71. The van der Waals surface area contributed by atoms with Crippen LogP contribution < -0.4 is 10.6 Å². The number of benzene rings is 1. The van der Waals surface area contributed by atoms with E-state index in [2.05, 4.69) is 61.4 Å². The van der Waals surface area contributed by atoms with E-state index in [1.807, 2.05) is 6.92 Å². The zero-order chi connectivity index (χ0) is 16.8. The highest BCUT2D eigenvalue weighted by Gasteiger charge is 2.04. The van der Waals surface area contributed by atoms with Gasteiger partial charge in [-0.15, -0.1) is 35.3 Å². The van der Waals surface area contributed by atoms with Crippen molar-refractivity contribution in [3.05, 3.63) is 52.1 Å². The number of fused-ring (bicyclic) bond motifs is 1. The van der Waals surface area contributed by atoms with Crippen LogP contribution in [0.4, 0.5) is 0 Å². The molecule has 3 rings (SSSR count). The zero-order valence-electron chi connectivity index (χ0n) is 14.5. The zero-order valence-corrected chi connectivity index (χ0v) is 17.7. The summed E-state index contributed by atoms with van der Waals surface area (Å²) in [4.78, 5) is 12.1. The van der Waals surface area contributed by atoms with E-state index in [0.717, 1.165) is 42.6 Å². The molecular weight excluding hydrogens is 445 g/mol. The Labute approximate surface area is 169 Å². The normalized spacial score (nSPS) is 11.4. The van der Waals surface area contributed by atoms with Gasteiger partial charge in [0.05, 0.1) is 10.7 Å². The Kier molecular flexibility index (Phi) is 7.70. The third-order valence-corrected chi connectivity index (χ3v) is 4.75. The number of para-hydroxylation sites is 1. The molecule has 3 aromatic rings. The number of H-pyrrole nitrogens is 1. The molecule has 7 heteroatoms. The van der Waals surface area contributed by atoms with E-state index in [-0.39, 0.29) is 24.0 Å². The van der Waals surface area contributed by atoms with Crippen LogP contribution >= 0.6 is 35.3 Å². The number of nitrogens with zero attached hydrogens (tertiary/aromatic N) is 2. The van der Waals surface area contributed by atoms with Crippen molar-refractivity contribution in [3.8, 4) is 0 Å². The first-order valence-corrected chi connectivity index (χ1v) is 9.05. The molecule has 134 valence electrons. The summed E-state index contributed by atoms with van der Waals surface area (Å²) in [5, 5.41) is 11.2. The number of rotatable bonds is 6. The van der Waals surface area contributed by atoms with E-state index in [9.17, 15) is 0 Å². The smallest absolute Gasteiger partial charge is 0.190 e. The van der Waals surface area contributed by atoms with Crippen LogP contribution in [0.5, 0.6) is 0 Å². The summed E-state index contributed by atoms with van der Waals surface area (Å²) in [7, 11) is 1.80. The van der Waals surface area contributed by atoms with E-state index < -0.39 is 0 Å². The Morgan fingerprint density at radius 2 is 1.96 bits per heavy atom. The fourth-order valence-electron chi connectivity index (χ4n) is 2.71. The molecule has 2 aromatic heterocycles. The van der Waals surface area contributed by atoms with E-state index in [0.29, 0.717) is 0 Å². The maximum absolute atomic E-state index is 4.47. The van der Waals surface area contributed by atoms with Crippen LogP contribution in [-0.2, 0) is 12.8 Å². The number of nitrogens with one attached hydrogen (secondary N) is 3. The van der Waals surface area contributed by atoms with E-state index in [4.69, 9.17) is 0 Å². The van der Waals surface area contributed by atoms with Crippen molar-refractivity contribution in [2.24, 2.45) is 4.99 Å². The summed E-state index contributed by atoms with van der Waals surface area (Å²) in [5.41, 5.74) is 3.65. The Balaban J connectivity index is 0.00000225. The van der Waals surface area contributed by atoms with Crippen molar-refractivity contribution in [2.45, 2.75) is 19.8 Å². The SMILES string of the molecule is CN=C(NCCc1csc(C)n1)NCCc1c[nH]c2ccccc12.I. The summed E-state index contributed by atoms with van der Waals surface area (Å²) in [6.07, 6.45) is 3.95. The lowest BCUT2D eigenvalue weighted by molar-refractivity contribution is 0.778. The first-order valence-electron chi connectivity index (χ1n) is 8.17. The second-order valence-corrected chi connectivity index (χ2v) is 6.71. The summed E-state index contributed by atoms with van der Waals surface area (Å²) in [6, 6.07) is 8.39. The van der Waals surface area contributed by atoms with Crippen LogP contribution in [-0.4, -0.2) is 36.1 Å². The van der Waals surface area contributed by atoms with Gasteiger partial charge in [-0.2, -0.15) is 0 Å². The van der Waals surface area contributed by atoms with Gasteiger partial charge < -0.3 is 15.6 Å². The van der Waals surface area contributed by atoms with Gasteiger partial charge in [0.2, 0.25) is 0 Å². The predicted octanol–water partition coefficient (Wildman–Crippen LogP) is 3.50. The minimum absolute atomic E-state index is 0. The molecule has 2 heterocycles. The molecular formula is C18H24IN5S. The van der Waals surface area contributed by atoms with Crippen molar-refractivity contribution in [1.82, 2.24) is 20.6 Å². The number of thiazole rings is 1. The Hall–Kier alpha value is -1.61. The molecule has 0 bridgehead atoms. The van der Waals surface area contributed by atoms with Gasteiger partial charge in [-0.3, -0.25) is 4.99 Å². The number of guanidine groups is 1. The lowest BCUT2D eigenvalue weighted by Gasteiger charge is -2.11. The van der Waals surface area contributed by atoms with Gasteiger partial charge in [0.1, 0.15) is 0 Å². The highest BCUT2D eigenvalue weighted by atomic mass is 127. The molecule has 0 spiro atoms. The quantitative estimate of drug-likeness (QED) is 0.294. The van der Waals surface area contributed by atoms with Crippen LogP contribution in [0.15, 0.2) is 40.8 Å². The lowest BCUT2D eigenvalue weighted by Crippen LogP contribution is -2.39. The molecule has 0 saturated carbocycles. The second kappa shape index (κ2) is 9.76. The number of hydrogen-bond acceptors (Lipinski definition) is 3. The van der Waals surface area contributed by atoms with Gasteiger partial charge in [-0.25, -0.2) is 4.98 Å². The van der Waals surface area contributed by atoms with Crippen LogP contribution in [0.3, 0.4) is 0 Å². The lowest BCUT2D eigenvalue weighted by atomic mass is 10.1. The summed E-state index contributed by atoms with van der Waals surface area (Å²) < 4.78 is 0. The number of hydrogen-bond donors (Lipinski definition) is 3. The average Bonchev–Trinajstić information content (AvgIpc) is 3.20. The Bertz CT molecular complexity index is 824. The van der Waals surface area contributed by atoms with Crippen molar-refractivity contribution in [1.29, 1.82) is 0 Å². The van der Waals surface area contributed by atoms with E-state index in [1.165, 1.54) is 16.5 Å². The molecule has 5 nitrogen and oxygen atoms in total. The average molecular weight is 469 g/mol. The molecule has 25 heavy (non-hydrogen) atoms. The third kappa shape index (κ3) is 5.43.